The van der Waals surface area contributed by atoms with Gasteiger partial charge in [-0.25, -0.2) is 0 Å². The summed E-state index contributed by atoms with van der Waals surface area (Å²) in [4.78, 5) is 39.9. The number of hydrogen-bond donors (Lipinski definition) is 0. The van der Waals surface area contributed by atoms with Gasteiger partial charge in [0.05, 0.1) is 5.92 Å². The van der Waals surface area contributed by atoms with Crippen LogP contribution in [0.2, 0.25) is 5.02 Å². The van der Waals surface area contributed by atoms with Crippen molar-refractivity contribution in [1.82, 2.24) is 4.90 Å². The van der Waals surface area contributed by atoms with E-state index in [2.05, 4.69) is 0 Å². The van der Waals surface area contributed by atoms with Gasteiger partial charge in [0.15, 0.2) is 5.78 Å². The number of halogens is 1. The molecule has 1 saturated carbocycles. The lowest BCUT2D eigenvalue weighted by atomic mass is 9.74. The number of carbonyl (C=O) groups excluding carboxylic acids is 3. The molecule has 32 heavy (non-hydrogen) atoms. The average Bonchev–Trinajstić information content (AvgIpc) is 2.78. The van der Waals surface area contributed by atoms with E-state index in [1.165, 1.54) is 11.0 Å². The van der Waals surface area contributed by atoms with E-state index < -0.39 is 5.54 Å². The fourth-order valence-electron chi connectivity index (χ4n) is 4.03. The van der Waals surface area contributed by atoms with Gasteiger partial charge in [0.2, 0.25) is 5.91 Å². The van der Waals surface area contributed by atoms with Crippen LogP contribution < -0.4 is 4.74 Å². The zero-order valence-corrected chi connectivity index (χ0v) is 19.4. The lowest BCUT2D eigenvalue weighted by Gasteiger charge is -2.43. The van der Waals surface area contributed by atoms with Crippen molar-refractivity contribution >= 4 is 35.3 Å². The van der Waals surface area contributed by atoms with Gasteiger partial charge in [0, 0.05) is 35.7 Å². The quantitative estimate of drug-likeness (QED) is 0.333. The first kappa shape index (κ1) is 23.7. The van der Waals surface area contributed by atoms with Crippen molar-refractivity contribution in [3.63, 3.8) is 0 Å². The molecule has 1 aliphatic carbocycles. The number of esters is 1. The maximum atomic E-state index is 13.2. The molecule has 1 amide bonds. The molecule has 0 aliphatic heterocycles. The summed E-state index contributed by atoms with van der Waals surface area (Å²) in [5.74, 6) is -0.572. The van der Waals surface area contributed by atoms with Gasteiger partial charge in [-0.3, -0.25) is 14.4 Å². The van der Waals surface area contributed by atoms with E-state index in [0.717, 1.165) is 12.8 Å². The lowest BCUT2D eigenvalue weighted by molar-refractivity contribution is -0.144. The van der Waals surface area contributed by atoms with Crippen LogP contribution in [-0.4, -0.2) is 29.6 Å². The molecule has 0 N–H and O–H groups in total. The number of carbonyl (C=O) groups is 3. The van der Waals surface area contributed by atoms with Crippen LogP contribution in [0.1, 0.15) is 50.7 Å². The molecule has 1 unspecified atom stereocenters. The molecule has 1 atom stereocenters. The highest BCUT2D eigenvalue weighted by atomic mass is 35.5. The van der Waals surface area contributed by atoms with Crippen LogP contribution >= 0.6 is 11.6 Å². The Morgan fingerprint density at radius 2 is 1.78 bits per heavy atom. The second-order valence-electron chi connectivity index (χ2n) is 8.31. The summed E-state index contributed by atoms with van der Waals surface area (Å²) in [6.45, 7) is 3.52. The van der Waals surface area contributed by atoms with E-state index in [0.29, 0.717) is 34.7 Å². The molecule has 0 saturated heterocycles. The van der Waals surface area contributed by atoms with Crippen molar-refractivity contribution in [2.75, 3.05) is 7.05 Å². The third-order valence-electron chi connectivity index (χ3n) is 5.88. The molecule has 6 heteroatoms. The summed E-state index contributed by atoms with van der Waals surface area (Å²) >= 11 is 6.47. The molecule has 0 aromatic heterocycles. The Kier molecular flexibility index (Phi) is 7.52. The second kappa shape index (κ2) is 10.1. The average molecular weight is 454 g/mol. The number of ether oxygens (including phenoxy) is 1. The number of rotatable bonds is 6. The van der Waals surface area contributed by atoms with E-state index in [1.807, 2.05) is 18.2 Å². The molecule has 1 aliphatic rings. The van der Waals surface area contributed by atoms with Crippen molar-refractivity contribution in [2.24, 2.45) is 5.92 Å². The topological polar surface area (TPSA) is 63.7 Å². The Morgan fingerprint density at radius 1 is 1.09 bits per heavy atom. The van der Waals surface area contributed by atoms with Gasteiger partial charge in [-0.15, -0.1) is 0 Å². The van der Waals surface area contributed by atoms with E-state index in [4.69, 9.17) is 16.3 Å². The van der Waals surface area contributed by atoms with Crippen LogP contribution in [-0.2, 0) is 19.9 Å². The summed E-state index contributed by atoms with van der Waals surface area (Å²) in [5.41, 5.74) is 0.161. The van der Waals surface area contributed by atoms with Crippen molar-refractivity contribution in [2.45, 2.75) is 45.1 Å². The first-order chi connectivity index (χ1) is 15.3. The number of Topliss-reactive ketones (excluding diaryl/α,β-unsaturated/α-hetero) is 1. The first-order valence-electron chi connectivity index (χ1n) is 10.8. The minimum Gasteiger partial charge on any atom is -0.426 e. The van der Waals surface area contributed by atoms with Crippen molar-refractivity contribution in [3.05, 3.63) is 70.8 Å². The lowest BCUT2D eigenvalue weighted by Crippen LogP contribution is -2.53. The smallest absolute Gasteiger partial charge is 0.313 e. The molecule has 0 spiro atoms. The van der Waals surface area contributed by atoms with Crippen LogP contribution in [0.4, 0.5) is 0 Å². The van der Waals surface area contributed by atoms with Gasteiger partial charge in [-0.05, 0) is 37.5 Å². The summed E-state index contributed by atoms with van der Waals surface area (Å²) in [7, 11) is 1.64. The number of para-hydroxylation sites is 1. The Hall–Kier alpha value is -2.92. The van der Waals surface area contributed by atoms with Gasteiger partial charge in [0.25, 0.3) is 0 Å². The van der Waals surface area contributed by atoms with E-state index in [1.54, 1.807) is 57.3 Å². The van der Waals surface area contributed by atoms with E-state index in [9.17, 15) is 14.4 Å². The van der Waals surface area contributed by atoms with Crippen molar-refractivity contribution < 1.29 is 19.1 Å². The molecular formula is C26H28ClNO4. The van der Waals surface area contributed by atoms with Gasteiger partial charge in [-0.2, -0.15) is 0 Å². The molecular weight excluding hydrogens is 426 g/mol. The monoisotopic (exact) mass is 453 g/mol. The normalized spacial score (nSPS) is 18.7. The number of hydrogen-bond acceptors (Lipinski definition) is 4. The number of likely N-dealkylation sites (N-methyl/N-ethyl adjacent to an activating group) is 1. The third kappa shape index (κ3) is 4.78. The zero-order chi connectivity index (χ0) is 23.3. The number of benzene rings is 2. The molecule has 2 aromatic carbocycles. The molecule has 2 aromatic rings. The van der Waals surface area contributed by atoms with Gasteiger partial charge in [0.1, 0.15) is 11.3 Å². The largest absolute Gasteiger partial charge is 0.426 e. The number of amides is 1. The second-order valence-corrected chi connectivity index (χ2v) is 8.72. The summed E-state index contributed by atoms with van der Waals surface area (Å²) < 4.78 is 5.45. The standard InChI is InChI=1S/C26H28ClNO4/c1-18(2)25(31)32-22-13-7-4-10-19(22)15-16-24(30)28(3)26(17-9-8-14-23(26)29)20-11-5-6-12-21(20)27/h4-7,10-13,15-16,18H,8-9,14,17H2,1-3H3. The molecule has 1 fully saturated rings. The van der Waals surface area contributed by atoms with E-state index >= 15 is 0 Å². The zero-order valence-electron chi connectivity index (χ0n) is 18.6. The molecule has 0 radical (unpaired) electrons. The molecule has 5 nitrogen and oxygen atoms in total. The molecule has 0 heterocycles. The maximum absolute atomic E-state index is 13.2. The predicted octanol–water partition coefficient (Wildman–Crippen LogP) is 5.41. The molecule has 3 rings (SSSR count). The van der Waals surface area contributed by atoms with Gasteiger partial charge >= 0.3 is 5.97 Å². The minimum absolute atomic E-state index is 0.00707. The Bertz CT molecular complexity index is 1050. The Balaban J connectivity index is 1.92. The van der Waals surface area contributed by atoms with Crippen molar-refractivity contribution in [3.8, 4) is 5.75 Å². The highest BCUT2D eigenvalue weighted by Gasteiger charge is 2.47. The van der Waals surface area contributed by atoms with Crippen LogP contribution in [0.5, 0.6) is 5.75 Å². The molecule has 168 valence electrons. The van der Waals surface area contributed by atoms with Crippen LogP contribution in [0.25, 0.3) is 6.08 Å². The summed E-state index contributed by atoms with van der Waals surface area (Å²) in [6, 6.07) is 14.2. The third-order valence-corrected chi connectivity index (χ3v) is 6.21. The van der Waals surface area contributed by atoms with Gasteiger partial charge < -0.3 is 9.64 Å². The number of nitrogens with zero attached hydrogens (tertiary/aromatic N) is 1. The highest BCUT2D eigenvalue weighted by molar-refractivity contribution is 6.31. The maximum Gasteiger partial charge on any atom is 0.313 e. The fourth-order valence-corrected chi connectivity index (χ4v) is 4.32. The van der Waals surface area contributed by atoms with Crippen LogP contribution in [0, 0.1) is 5.92 Å². The van der Waals surface area contributed by atoms with Crippen LogP contribution in [0.15, 0.2) is 54.6 Å². The van der Waals surface area contributed by atoms with Crippen LogP contribution in [0.3, 0.4) is 0 Å². The summed E-state index contributed by atoms with van der Waals surface area (Å²) in [6.07, 6.45) is 5.57. The van der Waals surface area contributed by atoms with Gasteiger partial charge in [-0.1, -0.05) is 61.8 Å². The SMILES string of the molecule is CC(C)C(=O)Oc1ccccc1C=CC(=O)N(C)C1(c2ccccc2Cl)CCCCC1=O. The Morgan fingerprint density at radius 3 is 2.47 bits per heavy atom. The first-order valence-corrected chi connectivity index (χ1v) is 11.2. The fraction of sp³-hybridized carbons (Fsp3) is 0.346. The number of ketones is 1. The van der Waals surface area contributed by atoms with E-state index in [-0.39, 0.29) is 23.6 Å². The minimum atomic E-state index is -1.10. The summed E-state index contributed by atoms with van der Waals surface area (Å²) in [5, 5.41) is 0.470. The van der Waals surface area contributed by atoms with Crippen molar-refractivity contribution in [1.29, 1.82) is 0 Å². The molecule has 0 bridgehead atoms. The predicted molar refractivity (Wildman–Crippen MR) is 125 cm³/mol. The highest BCUT2D eigenvalue weighted by Crippen LogP contribution is 2.42. The Labute approximate surface area is 194 Å².